The van der Waals surface area contributed by atoms with Gasteiger partial charge in [0.25, 0.3) is 5.91 Å². The smallest absolute Gasteiger partial charge is 0.251 e. The maximum atomic E-state index is 12.8. The van der Waals surface area contributed by atoms with E-state index in [2.05, 4.69) is 46.4 Å². The predicted molar refractivity (Wildman–Crippen MR) is 126 cm³/mol. The molecular weight excluding hydrogens is 422 g/mol. The van der Waals surface area contributed by atoms with Crippen LogP contribution < -0.4 is 14.8 Å². The van der Waals surface area contributed by atoms with Crippen LogP contribution in [0, 0.1) is 6.92 Å². The summed E-state index contributed by atoms with van der Waals surface area (Å²) in [5, 5.41) is 5.13. The number of ether oxygens (including phenoxy) is 2. The summed E-state index contributed by atoms with van der Waals surface area (Å²) in [5.74, 6) is 1.06. The fourth-order valence-electron chi connectivity index (χ4n) is 3.96. The molecule has 4 rings (SSSR count). The highest BCUT2D eigenvalue weighted by atomic mass is 32.1. The molecule has 0 radical (unpaired) electrons. The monoisotopic (exact) mass is 451 g/mol. The zero-order valence-electron chi connectivity index (χ0n) is 18.5. The molecule has 32 heavy (non-hydrogen) atoms. The van der Waals surface area contributed by atoms with Crippen molar-refractivity contribution in [3.8, 4) is 11.5 Å². The van der Waals surface area contributed by atoms with Crippen LogP contribution >= 0.6 is 11.3 Å². The van der Waals surface area contributed by atoms with Gasteiger partial charge in [0, 0.05) is 36.6 Å². The number of likely N-dealkylation sites (tertiary alicyclic amines) is 1. The average Bonchev–Trinajstić information content (AvgIpc) is 3.32. The molecule has 0 aliphatic carbocycles. The molecule has 0 unspecified atom stereocenters. The molecule has 6 nitrogen and oxygen atoms in total. The molecule has 0 atom stereocenters. The van der Waals surface area contributed by atoms with Crippen molar-refractivity contribution in [3.05, 3.63) is 75.7 Å². The molecule has 2 heterocycles. The predicted octanol–water partition coefficient (Wildman–Crippen LogP) is 4.43. The number of aryl methyl sites for hydroxylation is 1. The van der Waals surface area contributed by atoms with E-state index in [-0.39, 0.29) is 11.9 Å². The summed E-state index contributed by atoms with van der Waals surface area (Å²) >= 11 is 1.53. The Morgan fingerprint density at radius 2 is 2.03 bits per heavy atom. The number of nitrogens with zero attached hydrogens (tertiary/aromatic N) is 2. The molecule has 0 saturated carbocycles. The first kappa shape index (κ1) is 22.3. The molecule has 1 aliphatic rings. The second kappa shape index (κ2) is 10.6. The van der Waals surface area contributed by atoms with E-state index < -0.39 is 0 Å². The van der Waals surface area contributed by atoms with Gasteiger partial charge in [0.2, 0.25) is 0 Å². The zero-order valence-corrected chi connectivity index (χ0v) is 19.4. The highest BCUT2D eigenvalue weighted by Crippen LogP contribution is 2.29. The second-order valence-electron chi connectivity index (χ2n) is 8.15. The van der Waals surface area contributed by atoms with E-state index >= 15 is 0 Å². The van der Waals surface area contributed by atoms with Crippen LogP contribution in [-0.4, -0.2) is 42.0 Å². The maximum Gasteiger partial charge on any atom is 0.251 e. The molecule has 1 amide bonds. The topological polar surface area (TPSA) is 63.7 Å². The lowest BCUT2D eigenvalue weighted by Crippen LogP contribution is -2.44. The number of rotatable bonds is 8. The molecular formula is C25H29N3O3S. The van der Waals surface area contributed by atoms with Crippen molar-refractivity contribution >= 4 is 17.2 Å². The number of hydrogen-bond acceptors (Lipinski definition) is 6. The first-order valence-corrected chi connectivity index (χ1v) is 11.8. The van der Waals surface area contributed by atoms with Crippen LogP contribution in [0.3, 0.4) is 0 Å². The Labute approximate surface area is 193 Å². The molecule has 2 aromatic carbocycles. The molecule has 1 aliphatic heterocycles. The van der Waals surface area contributed by atoms with Gasteiger partial charge in [0.1, 0.15) is 6.61 Å². The minimum Gasteiger partial charge on any atom is -0.493 e. The van der Waals surface area contributed by atoms with Crippen molar-refractivity contribution in [1.29, 1.82) is 0 Å². The van der Waals surface area contributed by atoms with Crippen LogP contribution in [0.4, 0.5) is 0 Å². The molecule has 1 N–H and O–H groups in total. The summed E-state index contributed by atoms with van der Waals surface area (Å²) in [6.45, 7) is 5.41. The molecule has 7 heteroatoms. The third-order valence-electron chi connectivity index (χ3n) is 5.70. The lowest BCUT2D eigenvalue weighted by Gasteiger charge is -2.32. The lowest BCUT2D eigenvalue weighted by molar-refractivity contribution is 0.0908. The van der Waals surface area contributed by atoms with E-state index in [1.807, 2.05) is 5.38 Å². The number of carbonyl (C=O) groups excluding carboxylic acids is 1. The van der Waals surface area contributed by atoms with E-state index in [9.17, 15) is 4.79 Å². The standard InChI is InChI=1S/C25H29N3O3S/c1-18-4-3-5-19(12-18)14-28-10-8-21(9-11-28)27-25(29)20-6-7-23(24(13-20)30-2)31-15-22-16-32-17-26-22/h3-7,12-13,16-17,21H,8-11,14-15H2,1-2H3,(H,27,29). The largest absolute Gasteiger partial charge is 0.493 e. The fourth-order valence-corrected chi connectivity index (χ4v) is 4.50. The van der Waals surface area contributed by atoms with E-state index in [4.69, 9.17) is 9.47 Å². The fraction of sp³-hybridized carbons (Fsp3) is 0.360. The number of aromatic nitrogens is 1. The maximum absolute atomic E-state index is 12.8. The van der Waals surface area contributed by atoms with Gasteiger partial charge in [-0.05, 0) is 43.5 Å². The number of benzene rings is 2. The molecule has 168 valence electrons. The summed E-state index contributed by atoms with van der Waals surface area (Å²) in [7, 11) is 1.58. The Bertz CT molecular complexity index is 1030. The van der Waals surface area contributed by atoms with Gasteiger partial charge in [-0.2, -0.15) is 0 Å². The summed E-state index contributed by atoms with van der Waals surface area (Å²) in [5.41, 5.74) is 5.85. The van der Waals surface area contributed by atoms with Gasteiger partial charge in [-0.1, -0.05) is 29.8 Å². The van der Waals surface area contributed by atoms with Gasteiger partial charge in [-0.25, -0.2) is 4.98 Å². The van der Waals surface area contributed by atoms with Gasteiger partial charge >= 0.3 is 0 Å². The number of hydrogen-bond donors (Lipinski definition) is 1. The van der Waals surface area contributed by atoms with Gasteiger partial charge in [-0.3, -0.25) is 9.69 Å². The molecule has 1 fully saturated rings. The highest BCUT2D eigenvalue weighted by molar-refractivity contribution is 7.07. The van der Waals surface area contributed by atoms with Gasteiger partial charge in [0.15, 0.2) is 11.5 Å². The third kappa shape index (κ3) is 5.87. The summed E-state index contributed by atoms with van der Waals surface area (Å²) < 4.78 is 11.3. The molecule has 1 aromatic heterocycles. The Hall–Kier alpha value is -2.90. The normalized spacial score (nSPS) is 14.8. The van der Waals surface area contributed by atoms with Gasteiger partial charge in [0.05, 0.1) is 18.3 Å². The van der Waals surface area contributed by atoms with Gasteiger partial charge in [-0.15, -0.1) is 11.3 Å². The first-order chi connectivity index (χ1) is 15.6. The van der Waals surface area contributed by atoms with Crippen molar-refractivity contribution in [2.75, 3.05) is 20.2 Å². The SMILES string of the molecule is COc1cc(C(=O)NC2CCN(Cc3cccc(C)c3)CC2)ccc1OCc1cscn1. The van der Waals surface area contributed by atoms with Crippen molar-refractivity contribution in [3.63, 3.8) is 0 Å². The van der Waals surface area contributed by atoms with Crippen molar-refractivity contribution < 1.29 is 14.3 Å². The Morgan fingerprint density at radius 1 is 1.19 bits per heavy atom. The first-order valence-electron chi connectivity index (χ1n) is 10.9. The molecule has 0 spiro atoms. The number of methoxy groups -OCH3 is 1. The number of carbonyl (C=O) groups is 1. The van der Waals surface area contributed by atoms with Crippen LogP contribution in [-0.2, 0) is 13.2 Å². The molecule has 0 bridgehead atoms. The minimum absolute atomic E-state index is 0.0773. The number of piperidine rings is 1. The van der Waals surface area contributed by atoms with Crippen LogP contribution in [0.5, 0.6) is 11.5 Å². The average molecular weight is 452 g/mol. The molecule has 1 saturated heterocycles. The minimum atomic E-state index is -0.0773. The quantitative estimate of drug-likeness (QED) is 0.549. The summed E-state index contributed by atoms with van der Waals surface area (Å²) in [4.78, 5) is 19.5. The zero-order chi connectivity index (χ0) is 22.3. The van der Waals surface area contributed by atoms with Crippen molar-refractivity contribution in [1.82, 2.24) is 15.2 Å². The van der Waals surface area contributed by atoms with Crippen LogP contribution in [0.1, 0.15) is 40.0 Å². The summed E-state index contributed by atoms with van der Waals surface area (Å²) in [6, 6.07) is 14.1. The van der Waals surface area contributed by atoms with E-state index in [1.54, 1.807) is 30.8 Å². The van der Waals surface area contributed by atoms with Crippen LogP contribution in [0.2, 0.25) is 0 Å². The lowest BCUT2D eigenvalue weighted by atomic mass is 10.0. The highest BCUT2D eigenvalue weighted by Gasteiger charge is 2.22. The number of amides is 1. The van der Waals surface area contributed by atoms with Crippen LogP contribution in [0.25, 0.3) is 0 Å². The Morgan fingerprint density at radius 3 is 2.75 bits per heavy atom. The second-order valence-corrected chi connectivity index (χ2v) is 8.87. The Kier molecular flexibility index (Phi) is 7.39. The van der Waals surface area contributed by atoms with Crippen LogP contribution in [0.15, 0.2) is 53.4 Å². The summed E-state index contributed by atoms with van der Waals surface area (Å²) in [6.07, 6.45) is 1.90. The van der Waals surface area contributed by atoms with Crippen molar-refractivity contribution in [2.24, 2.45) is 0 Å². The van der Waals surface area contributed by atoms with Gasteiger partial charge < -0.3 is 14.8 Å². The van der Waals surface area contributed by atoms with E-state index in [1.165, 1.54) is 22.5 Å². The molecule has 3 aromatic rings. The van der Waals surface area contributed by atoms with E-state index in [0.29, 0.717) is 23.7 Å². The van der Waals surface area contributed by atoms with E-state index in [0.717, 1.165) is 38.2 Å². The number of nitrogens with one attached hydrogen (secondary N) is 1. The third-order valence-corrected chi connectivity index (χ3v) is 6.33. The Balaban J connectivity index is 1.29. The number of thiazole rings is 1. The van der Waals surface area contributed by atoms with Crippen molar-refractivity contribution in [2.45, 2.75) is 39.0 Å².